The van der Waals surface area contributed by atoms with E-state index < -0.39 is 22.5 Å². The summed E-state index contributed by atoms with van der Waals surface area (Å²) in [6.45, 7) is 7.21. The van der Waals surface area contributed by atoms with E-state index in [1.807, 2.05) is 13.8 Å². The molecule has 8 nitrogen and oxygen atoms in total. The first-order valence-corrected chi connectivity index (χ1v) is 10.9. The highest BCUT2D eigenvalue weighted by molar-refractivity contribution is 7.69. The smallest absolute Gasteiger partial charge is 0.260 e. The van der Waals surface area contributed by atoms with Gasteiger partial charge in [-0.2, -0.15) is 0 Å². The zero-order valence-corrected chi connectivity index (χ0v) is 18.8. The second-order valence-electron chi connectivity index (χ2n) is 7.03. The zero-order chi connectivity index (χ0) is 23.4. The molecule has 170 valence electrons. The van der Waals surface area contributed by atoms with E-state index in [0.29, 0.717) is 17.2 Å². The molecule has 3 rings (SSSR count). The molecule has 11 heteroatoms. The standard InChI is InChI=1S/C21H22F2N4O4S/c1-5-30-32(29)26-21-24-10-18(31-17-7-6-15(22)9-16(17)23)19(25-21)14-8-13(4)20(28)27(11-14)12(2)3/h6-12,32H,5H2,1-4H3. The molecular weight excluding hydrogens is 442 g/mol. The van der Waals surface area contributed by atoms with Gasteiger partial charge in [-0.25, -0.2) is 23.0 Å². The summed E-state index contributed by atoms with van der Waals surface area (Å²) in [5.74, 6) is -2.00. The molecule has 0 spiro atoms. The van der Waals surface area contributed by atoms with Crippen LogP contribution in [0.3, 0.4) is 0 Å². The van der Waals surface area contributed by atoms with Gasteiger partial charge in [0.05, 0.1) is 12.8 Å². The second-order valence-corrected chi connectivity index (χ2v) is 7.97. The number of benzene rings is 1. The van der Waals surface area contributed by atoms with Crippen molar-refractivity contribution < 1.29 is 21.9 Å². The molecule has 3 aromatic rings. The minimum Gasteiger partial charge on any atom is -0.450 e. The third-order valence-electron chi connectivity index (χ3n) is 4.32. The fraction of sp³-hybridized carbons (Fsp3) is 0.286. The Morgan fingerprint density at radius 2 is 1.97 bits per heavy atom. The maximum Gasteiger partial charge on any atom is 0.260 e. The van der Waals surface area contributed by atoms with Crippen LogP contribution in [0.1, 0.15) is 32.4 Å². The van der Waals surface area contributed by atoms with Gasteiger partial charge in [-0.3, -0.25) is 8.98 Å². The molecule has 0 aliphatic rings. The molecule has 2 heterocycles. The van der Waals surface area contributed by atoms with E-state index >= 15 is 0 Å². The minimum atomic E-state index is -2.38. The Morgan fingerprint density at radius 1 is 1.22 bits per heavy atom. The minimum absolute atomic E-state index is 0.0365. The molecular formula is C21H22F2N4O4S. The lowest BCUT2D eigenvalue weighted by Crippen LogP contribution is -2.23. The number of hydrogen-bond donors (Lipinski definition) is 1. The van der Waals surface area contributed by atoms with Crippen LogP contribution in [0.25, 0.3) is 11.3 Å². The molecule has 1 atom stereocenters. The van der Waals surface area contributed by atoms with E-state index in [0.717, 1.165) is 12.1 Å². The van der Waals surface area contributed by atoms with Gasteiger partial charge in [0.2, 0.25) is 0 Å². The lowest BCUT2D eigenvalue weighted by Gasteiger charge is -2.15. The highest BCUT2D eigenvalue weighted by Crippen LogP contribution is 2.34. The number of thiol groups is 1. The Hall–Kier alpha value is -3.18. The van der Waals surface area contributed by atoms with Crippen LogP contribution in [0.15, 0.2) is 45.8 Å². The molecule has 0 aliphatic heterocycles. The number of aryl methyl sites for hydroxylation is 1. The quantitative estimate of drug-likeness (QED) is 0.517. The topological polar surface area (TPSA) is 95.7 Å². The van der Waals surface area contributed by atoms with Crippen molar-refractivity contribution in [2.45, 2.75) is 33.7 Å². The molecule has 1 unspecified atom stereocenters. The maximum atomic E-state index is 14.2. The van der Waals surface area contributed by atoms with Crippen molar-refractivity contribution in [2.24, 2.45) is 4.36 Å². The summed E-state index contributed by atoms with van der Waals surface area (Å²) < 4.78 is 55.2. The molecule has 0 radical (unpaired) electrons. The summed E-state index contributed by atoms with van der Waals surface area (Å²) in [4.78, 5) is 20.8. The Morgan fingerprint density at radius 3 is 2.62 bits per heavy atom. The summed E-state index contributed by atoms with van der Waals surface area (Å²) in [7, 11) is -2.38. The third-order valence-corrected chi connectivity index (χ3v) is 5.14. The number of rotatable bonds is 7. The van der Waals surface area contributed by atoms with Gasteiger partial charge in [-0.05, 0) is 45.9 Å². The van der Waals surface area contributed by atoms with Gasteiger partial charge < -0.3 is 9.30 Å². The molecule has 0 fully saturated rings. The van der Waals surface area contributed by atoms with E-state index in [1.54, 1.807) is 26.1 Å². The van der Waals surface area contributed by atoms with Crippen LogP contribution in [0.4, 0.5) is 14.7 Å². The summed E-state index contributed by atoms with van der Waals surface area (Å²) in [6.07, 6.45) is 2.82. The van der Waals surface area contributed by atoms with Crippen LogP contribution < -0.4 is 10.3 Å². The molecule has 0 bridgehead atoms. The van der Waals surface area contributed by atoms with Crippen molar-refractivity contribution in [3.05, 3.63) is 64.2 Å². The number of aromatic nitrogens is 3. The molecule has 0 saturated carbocycles. The fourth-order valence-electron chi connectivity index (χ4n) is 2.84. The highest BCUT2D eigenvalue weighted by Gasteiger charge is 2.17. The normalized spacial score (nSPS) is 12.3. The van der Waals surface area contributed by atoms with Crippen LogP contribution in [-0.4, -0.2) is 25.4 Å². The first-order chi connectivity index (χ1) is 15.2. The van der Waals surface area contributed by atoms with Crippen LogP contribution >= 0.6 is 0 Å². The second kappa shape index (κ2) is 9.96. The molecule has 2 aromatic heterocycles. The Bertz CT molecular complexity index is 1290. The van der Waals surface area contributed by atoms with Gasteiger partial charge >= 0.3 is 0 Å². The van der Waals surface area contributed by atoms with E-state index in [1.165, 1.54) is 10.8 Å². The maximum absolute atomic E-state index is 14.2. The SMILES string of the molecule is CCO[SH](=O)=Nc1ncc(Oc2ccc(F)cc2F)c(-c2cc(C)c(=O)n(C(C)C)c2)n1. The largest absolute Gasteiger partial charge is 0.450 e. The third kappa shape index (κ3) is 5.35. The number of ether oxygens (including phenoxy) is 1. The predicted molar refractivity (Wildman–Crippen MR) is 117 cm³/mol. The van der Waals surface area contributed by atoms with E-state index in [2.05, 4.69) is 14.3 Å². The number of pyridine rings is 1. The summed E-state index contributed by atoms with van der Waals surface area (Å²) in [5, 5.41) is 0. The van der Waals surface area contributed by atoms with Gasteiger partial charge in [-0.1, -0.05) is 0 Å². The highest BCUT2D eigenvalue weighted by atomic mass is 32.2. The summed E-state index contributed by atoms with van der Waals surface area (Å²) in [6, 6.07) is 4.34. The zero-order valence-electron chi connectivity index (χ0n) is 17.9. The van der Waals surface area contributed by atoms with Gasteiger partial charge in [-0.15, -0.1) is 4.36 Å². The Balaban J connectivity index is 2.19. The molecule has 0 aliphatic carbocycles. The van der Waals surface area contributed by atoms with E-state index in [9.17, 15) is 17.8 Å². The van der Waals surface area contributed by atoms with Crippen molar-refractivity contribution in [1.82, 2.24) is 14.5 Å². The number of halogens is 2. The van der Waals surface area contributed by atoms with Crippen LogP contribution in [0.2, 0.25) is 0 Å². The number of nitrogens with zero attached hydrogens (tertiary/aromatic N) is 4. The predicted octanol–water partition coefficient (Wildman–Crippen LogP) is 4.51. The molecule has 1 aromatic carbocycles. The van der Waals surface area contributed by atoms with Gasteiger partial charge in [0.25, 0.3) is 11.5 Å². The first-order valence-electron chi connectivity index (χ1n) is 9.74. The number of hydrogen-bond acceptors (Lipinski definition) is 7. The Labute approximate surface area is 185 Å². The van der Waals surface area contributed by atoms with Crippen molar-refractivity contribution >= 4 is 16.8 Å². The molecule has 32 heavy (non-hydrogen) atoms. The van der Waals surface area contributed by atoms with Crippen molar-refractivity contribution in [3.63, 3.8) is 0 Å². The van der Waals surface area contributed by atoms with Gasteiger partial charge in [0, 0.05) is 29.4 Å². The van der Waals surface area contributed by atoms with Gasteiger partial charge in [0.15, 0.2) is 28.2 Å². The van der Waals surface area contributed by atoms with Gasteiger partial charge in [0.1, 0.15) is 11.5 Å². The van der Waals surface area contributed by atoms with E-state index in [-0.39, 0.29) is 41.3 Å². The first kappa shape index (κ1) is 23.5. The summed E-state index contributed by atoms with van der Waals surface area (Å²) >= 11 is 0. The average molecular weight is 464 g/mol. The van der Waals surface area contributed by atoms with Crippen LogP contribution in [0, 0.1) is 18.6 Å². The monoisotopic (exact) mass is 464 g/mol. The van der Waals surface area contributed by atoms with Crippen LogP contribution in [-0.2, 0) is 15.1 Å². The lowest BCUT2D eigenvalue weighted by atomic mass is 10.1. The Kier molecular flexibility index (Phi) is 7.31. The average Bonchev–Trinajstić information content (AvgIpc) is 2.73. The van der Waals surface area contributed by atoms with Crippen molar-refractivity contribution in [3.8, 4) is 22.8 Å². The lowest BCUT2D eigenvalue weighted by molar-refractivity contribution is 0.378. The molecule has 0 N–H and O–H groups in total. The fourth-order valence-corrected chi connectivity index (χ4v) is 3.36. The summed E-state index contributed by atoms with van der Waals surface area (Å²) in [5.41, 5.74) is 0.931. The molecule has 0 saturated heterocycles. The van der Waals surface area contributed by atoms with Crippen molar-refractivity contribution in [2.75, 3.05) is 6.61 Å². The van der Waals surface area contributed by atoms with Crippen molar-refractivity contribution in [1.29, 1.82) is 0 Å². The molecule has 0 amide bonds. The van der Waals surface area contributed by atoms with Crippen LogP contribution in [0.5, 0.6) is 11.5 Å². The van der Waals surface area contributed by atoms with E-state index in [4.69, 9.17) is 8.92 Å².